The van der Waals surface area contributed by atoms with Crippen LogP contribution in [-0.2, 0) is 16.1 Å². The normalized spacial score (nSPS) is 14.6. The number of allylic oxidation sites excluding steroid dienone is 1. The van der Waals surface area contributed by atoms with Gasteiger partial charge in [-0.05, 0) is 82.2 Å². The van der Waals surface area contributed by atoms with Crippen LogP contribution in [0.5, 0.6) is 17.2 Å². The Morgan fingerprint density at radius 2 is 1.76 bits per heavy atom. The quantitative estimate of drug-likeness (QED) is 0.180. The van der Waals surface area contributed by atoms with Crippen molar-refractivity contribution in [1.82, 2.24) is 4.57 Å². The number of esters is 1. The number of rotatable bonds is 11. The van der Waals surface area contributed by atoms with Crippen LogP contribution in [0.4, 0.5) is 0 Å². The number of halogens is 1. The van der Waals surface area contributed by atoms with Crippen molar-refractivity contribution in [3.05, 3.63) is 119 Å². The summed E-state index contributed by atoms with van der Waals surface area (Å²) in [5.41, 5.74) is 2.92. The fraction of sp³-hybridized carbons (Fsp3) is 0.286. The van der Waals surface area contributed by atoms with Crippen LogP contribution in [0.2, 0.25) is 5.02 Å². The van der Waals surface area contributed by atoms with Crippen molar-refractivity contribution in [2.45, 2.75) is 53.4 Å². The van der Waals surface area contributed by atoms with E-state index < -0.39 is 12.0 Å². The molecule has 1 aliphatic rings. The van der Waals surface area contributed by atoms with Crippen molar-refractivity contribution < 1.29 is 23.7 Å². The molecule has 10 heteroatoms. The highest BCUT2D eigenvalue weighted by Crippen LogP contribution is 2.36. The maximum atomic E-state index is 14.1. The number of para-hydroxylation sites is 1. The monoisotopic (exact) mass is 646 g/mol. The van der Waals surface area contributed by atoms with Crippen LogP contribution in [0.1, 0.15) is 57.4 Å². The van der Waals surface area contributed by atoms with E-state index in [0.717, 1.165) is 11.1 Å². The number of thiazole rings is 1. The number of aromatic nitrogens is 1. The number of hydrogen-bond acceptors (Lipinski definition) is 8. The van der Waals surface area contributed by atoms with Crippen LogP contribution in [0.15, 0.2) is 87.8 Å². The number of nitrogens with zero attached hydrogens (tertiary/aromatic N) is 2. The number of benzene rings is 3. The van der Waals surface area contributed by atoms with Gasteiger partial charge in [0.2, 0.25) is 0 Å². The second-order valence-electron chi connectivity index (χ2n) is 10.6. The number of carbonyl (C=O) groups excluding carboxylic acids is 1. The van der Waals surface area contributed by atoms with Gasteiger partial charge >= 0.3 is 5.97 Å². The molecule has 0 aliphatic carbocycles. The number of ether oxygens (including phenoxy) is 4. The van der Waals surface area contributed by atoms with Gasteiger partial charge in [-0.25, -0.2) is 9.79 Å². The number of hydrogen-bond donors (Lipinski definition) is 0. The van der Waals surface area contributed by atoms with E-state index in [1.807, 2.05) is 87.5 Å². The largest absolute Gasteiger partial charge is 0.491 e. The second kappa shape index (κ2) is 14.2. The topological polar surface area (TPSA) is 88.4 Å². The van der Waals surface area contributed by atoms with Gasteiger partial charge < -0.3 is 18.9 Å². The minimum Gasteiger partial charge on any atom is -0.491 e. The molecule has 0 radical (unpaired) electrons. The smallest absolute Gasteiger partial charge is 0.338 e. The Morgan fingerprint density at radius 3 is 2.47 bits per heavy atom. The fourth-order valence-corrected chi connectivity index (χ4v) is 6.22. The Hall–Kier alpha value is -4.34. The Balaban J connectivity index is 1.58. The Bertz CT molecular complexity index is 1910. The van der Waals surface area contributed by atoms with E-state index >= 15 is 0 Å². The molecule has 2 heterocycles. The molecule has 0 fully saturated rings. The van der Waals surface area contributed by atoms with Gasteiger partial charge in [0.05, 0.1) is 35.1 Å². The van der Waals surface area contributed by atoms with Crippen LogP contribution in [0.3, 0.4) is 0 Å². The summed E-state index contributed by atoms with van der Waals surface area (Å²) < 4.78 is 25.5. The van der Waals surface area contributed by atoms with Gasteiger partial charge in [0, 0.05) is 10.6 Å². The molecule has 0 bridgehead atoms. The highest BCUT2D eigenvalue weighted by atomic mass is 35.5. The lowest BCUT2D eigenvalue weighted by Gasteiger charge is -2.26. The first-order valence-corrected chi connectivity index (χ1v) is 16.0. The molecule has 1 atom stereocenters. The summed E-state index contributed by atoms with van der Waals surface area (Å²) in [4.78, 5) is 32.6. The molecule has 5 rings (SSSR count). The molecule has 3 aromatic carbocycles. The third-order valence-electron chi connectivity index (χ3n) is 6.97. The van der Waals surface area contributed by atoms with E-state index in [-0.39, 0.29) is 18.3 Å². The molecule has 8 nitrogen and oxygen atoms in total. The SMILES string of the molecule is CCOC(=O)C1=C(C)N=c2s/c(=C/c3ccc(OCc4ccc(Cl)cc4)c(OCC)c3)c(=O)n2[C@H]1c1ccccc1OC(C)C. The van der Waals surface area contributed by atoms with E-state index in [0.29, 0.717) is 61.7 Å². The Labute approximate surface area is 270 Å². The van der Waals surface area contributed by atoms with Crippen molar-refractivity contribution in [1.29, 1.82) is 0 Å². The molecule has 0 amide bonds. The second-order valence-corrected chi connectivity index (χ2v) is 12.0. The zero-order valence-corrected chi connectivity index (χ0v) is 27.4. The third kappa shape index (κ3) is 7.16. The average Bonchev–Trinajstić information content (AvgIpc) is 3.31. The first kappa shape index (κ1) is 32.1. The number of fused-ring (bicyclic) bond motifs is 1. The van der Waals surface area contributed by atoms with E-state index in [4.69, 9.17) is 30.5 Å². The summed E-state index contributed by atoms with van der Waals surface area (Å²) in [6.45, 7) is 10.3. The molecule has 0 unspecified atom stereocenters. The number of carbonyl (C=O) groups is 1. The lowest BCUT2D eigenvalue weighted by Crippen LogP contribution is -2.40. The van der Waals surface area contributed by atoms with Crippen molar-refractivity contribution in [2.24, 2.45) is 4.99 Å². The molecule has 234 valence electrons. The van der Waals surface area contributed by atoms with Gasteiger partial charge in [-0.3, -0.25) is 9.36 Å². The molecule has 0 saturated heterocycles. The zero-order chi connectivity index (χ0) is 32.1. The van der Waals surface area contributed by atoms with Crippen molar-refractivity contribution in [2.75, 3.05) is 13.2 Å². The lowest BCUT2D eigenvalue weighted by atomic mass is 9.95. The standard InChI is InChI=1S/C35H35ClN2O6S/c1-6-41-29-18-24(14-17-28(29)43-20-23-12-15-25(36)16-13-23)19-30-33(39)38-32(26-10-8-9-11-27(26)44-21(3)4)31(34(40)42-7-2)22(5)37-35(38)45-30/h8-19,21,32H,6-7,20H2,1-5H3/b30-19+/t32-/m0/s1. The van der Waals surface area contributed by atoms with Crippen molar-refractivity contribution in [3.63, 3.8) is 0 Å². The fourth-order valence-electron chi connectivity index (χ4n) is 5.05. The van der Waals surface area contributed by atoms with Gasteiger partial charge in [-0.15, -0.1) is 0 Å². The zero-order valence-electron chi connectivity index (χ0n) is 25.8. The van der Waals surface area contributed by atoms with Gasteiger partial charge in [0.15, 0.2) is 16.3 Å². The van der Waals surface area contributed by atoms with Crippen LogP contribution in [-0.4, -0.2) is 29.9 Å². The molecule has 1 aromatic heterocycles. The summed E-state index contributed by atoms with van der Waals surface area (Å²) in [6, 6.07) is 19.7. The predicted octanol–water partition coefficient (Wildman–Crippen LogP) is 6.22. The third-order valence-corrected chi connectivity index (χ3v) is 8.20. The summed E-state index contributed by atoms with van der Waals surface area (Å²) in [5.74, 6) is 1.21. The molecular formula is C35H35ClN2O6S. The highest BCUT2D eigenvalue weighted by Gasteiger charge is 2.35. The Morgan fingerprint density at radius 1 is 1.00 bits per heavy atom. The van der Waals surface area contributed by atoms with Gasteiger partial charge in [0.25, 0.3) is 5.56 Å². The summed E-state index contributed by atoms with van der Waals surface area (Å²) in [7, 11) is 0. The Kier molecular flexibility index (Phi) is 10.1. The minimum absolute atomic E-state index is 0.115. The molecule has 4 aromatic rings. The molecule has 1 aliphatic heterocycles. The summed E-state index contributed by atoms with van der Waals surface area (Å²) >= 11 is 7.26. The van der Waals surface area contributed by atoms with Crippen LogP contribution >= 0.6 is 22.9 Å². The summed E-state index contributed by atoms with van der Waals surface area (Å²) in [6.07, 6.45) is 1.68. The van der Waals surface area contributed by atoms with Crippen LogP contribution < -0.4 is 29.1 Å². The van der Waals surface area contributed by atoms with Gasteiger partial charge in [-0.1, -0.05) is 59.3 Å². The predicted molar refractivity (Wildman–Crippen MR) is 176 cm³/mol. The average molecular weight is 647 g/mol. The maximum absolute atomic E-state index is 14.1. The summed E-state index contributed by atoms with van der Waals surface area (Å²) in [5, 5.41) is 0.662. The van der Waals surface area contributed by atoms with Crippen LogP contribution in [0, 0.1) is 0 Å². The first-order chi connectivity index (χ1) is 21.7. The molecular weight excluding hydrogens is 612 g/mol. The lowest BCUT2D eigenvalue weighted by molar-refractivity contribution is -0.139. The molecule has 0 spiro atoms. The van der Waals surface area contributed by atoms with Gasteiger partial charge in [-0.2, -0.15) is 0 Å². The van der Waals surface area contributed by atoms with Crippen molar-refractivity contribution in [3.8, 4) is 17.2 Å². The van der Waals surface area contributed by atoms with Crippen molar-refractivity contribution >= 4 is 35.0 Å². The van der Waals surface area contributed by atoms with E-state index in [2.05, 4.69) is 4.99 Å². The first-order valence-electron chi connectivity index (χ1n) is 14.8. The van der Waals surface area contributed by atoms with Crippen LogP contribution in [0.25, 0.3) is 6.08 Å². The van der Waals surface area contributed by atoms with E-state index in [1.165, 1.54) is 11.3 Å². The van der Waals surface area contributed by atoms with E-state index in [9.17, 15) is 9.59 Å². The molecule has 45 heavy (non-hydrogen) atoms. The van der Waals surface area contributed by atoms with E-state index in [1.54, 1.807) is 24.5 Å². The highest BCUT2D eigenvalue weighted by molar-refractivity contribution is 7.07. The molecule has 0 N–H and O–H groups in total. The van der Waals surface area contributed by atoms with Gasteiger partial charge in [0.1, 0.15) is 18.4 Å². The molecule has 0 saturated carbocycles. The minimum atomic E-state index is -0.778. The maximum Gasteiger partial charge on any atom is 0.338 e.